The number of para-hydroxylation sites is 1. The van der Waals surface area contributed by atoms with Crippen LogP contribution < -0.4 is 10.5 Å². The zero-order valence-corrected chi connectivity index (χ0v) is 9.83. The number of nitrogens with two attached hydrogens (primary N) is 1. The molecule has 7 nitrogen and oxygen atoms in total. The smallest absolute Gasteiger partial charge is 0.311 e. The Morgan fingerprint density at radius 3 is 2.72 bits per heavy atom. The van der Waals surface area contributed by atoms with Crippen molar-refractivity contribution in [3.63, 3.8) is 0 Å². The largest absolute Gasteiger partial charge is 0.490 e. The van der Waals surface area contributed by atoms with Crippen molar-refractivity contribution in [3.8, 4) is 5.75 Å². The number of likely N-dealkylation sites (tertiary alicyclic amines) is 1. The Hall–Kier alpha value is -2.15. The molecule has 2 rings (SSSR count). The van der Waals surface area contributed by atoms with Crippen LogP contribution >= 0.6 is 0 Å². The topological polar surface area (TPSA) is 98.7 Å². The first-order valence-electron chi connectivity index (χ1n) is 5.41. The van der Waals surface area contributed by atoms with Gasteiger partial charge in [0.25, 0.3) is 5.91 Å². The predicted octanol–water partition coefficient (Wildman–Crippen LogP) is 0.386. The fourth-order valence-corrected chi connectivity index (χ4v) is 1.90. The van der Waals surface area contributed by atoms with Gasteiger partial charge in [0.05, 0.1) is 17.6 Å². The van der Waals surface area contributed by atoms with Gasteiger partial charge in [-0.1, -0.05) is 6.07 Å². The molecule has 7 heteroatoms. The van der Waals surface area contributed by atoms with Gasteiger partial charge in [-0.3, -0.25) is 14.9 Å². The average molecular weight is 251 g/mol. The number of hydrogen-bond donors (Lipinski definition) is 1. The van der Waals surface area contributed by atoms with Crippen LogP contribution in [0.15, 0.2) is 18.2 Å². The van der Waals surface area contributed by atoms with E-state index in [0.29, 0.717) is 13.1 Å². The second kappa shape index (κ2) is 4.61. The van der Waals surface area contributed by atoms with Gasteiger partial charge in [0.2, 0.25) is 5.75 Å². The molecule has 1 saturated heterocycles. The van der Waals surface area contributed by atoms with Crippen molar-refractivity contribution >= 4 is 11.6 Å². The average Bonchev–Trinajstić information content (AvgIpc) is 2.33. The van der Waals surface area contributed by atoms with Crippen molar-refractivity contribution in [2.45, 2.75) is 6.04 Å². The van der Waals surface area contributed by atoms with Crippen LogP contribution in [0.5, 0.6) is 5.75 Å². The van der Waals surface area contributed by atoms with Crippen LogP contribution in [0, 0.1) is 10.1 Å². The number of carbonyl (C=O) groups is 1. The molecule has 1 aromatic carbocycles. The van der Waals surface area contributed by atoms with E-state index in [1.807, 2.05) is 0 Å². The minimum atomic E-state index is -0.572. The third-order valence-electron chi connectivity index (χ3n) is 2.82. The van der Waals surface area contributed by atoms with Crippen LogP contribution in [-0.4, -0.2) is 42.0 Å². The highest BCUT2D eigenvalue weighted by Crippen LogP contribution is 2.31. The Morgan fingerprint density at radius 1 is 1.56 bits per heavy atom. The molecule has 0 radical (unpaired) electrons. The van der Waals surface area contributed by atoms with Crippen LogP contribution in [0.4, 0.5) is 5.69 Å². The third-order valence-corrected chi connectivity index (χ3v) is 2.82. The number of hydrogen-bond acceptors (Lipinski definition) is 5. The molecule has 2 N–H and O–H groups in total. The van der Waals surface area contributed by atoms with E-state index in [9.17, 15) is 14.9 Å². The number of methoxy groups -OCH3 is 1. The molecule has 1 aliphatic heterocycles. The Kier molecular flexibility index (Phi) is 3.15. The summed E-state index contributed by atoms with van der Waals surface area (Å²) in [4.78, 5) is 23.9. The van der Waals surface area contributed by atoms with E-state index in [-0.39, 0.29) is 28.9 Å². The van der Waals surface area contributed by atoms with Gasteiger partial charge in [0.1, 0.15) is 0 Å². The second-order valence-electron chi connectivity index (χ2n) is 4.09. The first-order chi connectivity index (χ1) is 8.54. The van der Waals surface area contributed by atoms with Crippen molar-refractivity contribution in [2.75, 3.05) is 20.2 Å². The monoisotopic (exact) mass is 251 g/mol. The molecular weight excluding hydrogens is 238 g/mol. The summed E-state index contributed by atoms with van der Waals surface area (Å²) in [6, 6.07) is 4.27. The van der Waals surface area contributed by atoms with Gasteiger partial charge in [0.15, 0.2) is 0 Å². The molecule has 96 valence electrons. The number of ether oxygens (including phenoxy) is 1. The van der Waals surface area contributed by atoms with Crippen molar-refractivity contribution in [2.24, 2.45) is 5.73 Å². The second-order valence-corrected chi connectivity index (χ2v) is 4.09. The fourth-order valence-electron chi connectivity index (χ4n) is 1.90. The van der Waals surface area contributed by atoms with Crippen molar-refractivity contribution in [1.29, 1.82) is 0 Å². The molecule has 0 aromatic heterocycles. The summed E-state index contributed by atoms with van der Waals surface area (Å²) < 4.78 is 4.98. The Labute approximate surface area is 103 Å². The molecule has 18 heavy (non-hydrogen) atoms. The number of benzene rings is 1. The van der Waals surface area contributed by atoms with Gasteiger partial charge in [-0.2, -0.15) is 0 Å². The number of nitrogens with zero attached hydrogens (tertiary/aromatic N) is 2. The van der Waals surface area contributed by atoms with Gasteiger partial charge >= 0.3 is 5.69 Å². The first-order valence-corrected chi connectivity index (χ1v) is 5.41. The molecule has 0 atom stereocenters. The number of rotatable bonds is 3. The van der Waals surface area contributed by atoms with Crippen LogP contribution in [0.25, 0.3) is 0 Å². The summed E-state index contributed by atoms with van der Waals surface area (Å²) in [5, 5.41) is 10.8. The number of amides is 1. The van der Waals surface area contributed by atoms with Crippen molar-refractivity contribution in [3.05, 3.63) is 33.9 Å². The van der Waals surface area contributed by atoms with Crippen LogP contribution in [0.2, 0.25) is 0 Å². The van der Waals surface area contributed by atoms with E-state index >= 15 is 0 Å². The highest BCUT2D eigenvalue weighted by atomic mass is 16.6. The highest BCUT2D eigenvalue weighted by molar-refractivity contribution is 5.98. The maximum absolute atomic E-state index is 12.1. The summed E-state index contributed by atoms with van der Waals surface area (Å²) in [6.07, 6.45) is 0. The van der Waals surface area contributed by atoms with Gasteiger partial charge < -0.3 is 15.4 Å². The summed E-state index contributed by atoms with van der Waals surface area (Å²) in [5.41, 5.74) is 5.58. The van der Waals surface area contributed by atoms with Gasteiger partial charge in [-0.25, -0.2) is 0 Å². The third kappa shape index (κ3) is 2.00. The molecule has 1 heterocycles. The lowest BCUT2D eigenvalue weighted by atomic mass is 10.1. The first kappa shape index (κ1) is 12.3. The minimum absolute atomic E-state index is 0.00651. The van der Waals surface area contributed by atoms with E-state index < -0.39 is 4.92 Å². The maximum atomic E-state index is 12.1. The molecule has 1 fully saturated rings. The van der Waals surface area contributed by atoms with Crippen LogP contribution in [-0.2, 0) is 0 Å². The molecule has 0 saturated carbocycles. The highest BCUT2D eigenvalue weighted by Gasteiger charge is 2.32. The molecule has 0 bridgehead atoms. The number of nitro groups is 1. The van der Waals surface area contributed by atoms with E-state index in [1.54, 1.807) is 0 Å². The zero-order valence-electron chi connectivity index (χ0n) is 9.83. The van der Waals surface area contributed by atoms with Crippen LogP contribution in [0.1, 0.15) is 10.4 Å². The van der Waals surface area contributed by atoms with E-state index in [4.69, 9.17) is 10.5 Å². The summed E-state index contributed by atoms with van der Waals surface area (Å²) in [7, 11) is 1.31. The Balaban J connectivity index is 2.35. The molecule has 1 aliphatic rings. The lowest BCUT2D eigenvalue weighted by Gasteiger charge is -2.37. The molecular formula is C11H13N3O4. The molecule has 0 aliphatic carbocycles. The Bertz CT molecular complexity index is 497. The molecule has 1 amide bonds. The van der Waals surface area contributed by atoms with Gasteiger partial charge in [-0.05, 0) is 6.07 Å². The van der Waals surface area contributed by atoms with Gasteiger partial charge in [-0.15, -0.1) is 0 Å². The SMILES string of the molecule is COc1c(C(=O)N2CC(N)C2)cccc1[N+](=O)[O-]. The van der Waals surface area contributed by atoms with Crippen LogP contribution in [0.3, 0.4) is 0 Å². The Morgan fingerprint density at radius 2 is 2.22 bits per heavy atom. The predicted molar refractivity (Wildman–Crippen MR) is 63.5 cm³/mol. The number of carbonyl (C=O) groups excluding carboxylic acids is 1. The zero-order chi connectivity index (χ0) is 13.3. The lowest BCUT2D eigenvalue weighted by Crippen LogP contribution is -2.57. The van der Waals surface area contributed by atoms with E-state index in [1.165, 1.54) is 30.2 Å². The molecule has 0 spiro atoms. The summed E-state index contributed by atoms with van der Waals surface area (Å²) in [5.74, 6) is -0.301. The van der Waals surface area contributed by atoms with Crippen molar-refractivity contribution in [1.82, 2.24) is 4.90 Å². The normalized spacial score (nSPS) is 15.1. The summed E-state index contributed by atoms with van der Waals surface area (Å²) >= 11 is 0. The summed E-state index contributed by atoms with van der Waals surface area (Å²) in [6.45, 7) is 0.926. The maximum Gasteiger partial charge on any atom is 0.311 e. The van der Waals surface area contributed by atoms with Gasteiger partial charge in [0, 0.05) is 25.2 Å². The standard InChI is InChI=1S/C11H13N3O4/c1-18-10-8(3-2-4-9(10)14(16)17)11(15)13-5-7(12)6-13/h2-4,7H,5-6,12H2,1H3. The minimum Gasteiger partial charge on any atom is -0.490 e. The quantitative estimate of drug-likeness (QED) is 0.618. The molecule has 1 aromatic rings. The molecule has 0 unspecified atom stereocenters. The number of nitro benzene ring substituents is 1. The fraction of sp³-hybridized carbons (Fsp3) is 0.364. The van der Waals surface area contributed by atoms with E-state index in [2.05, 4.69) is 0 Å². The van der Waals surface area contributed by atoms with Crippen molar-refractivity contribution < 1.29 is 14.5 Å². The van der Waals surface area contributed by atoms with E-state index in [0.717, 1.165) is 0 Å². The lowest BCUT2D eigenvalue weighted by molar-refractivity contribution is -0.385.